The minimum Gasteiger partial charge on any atom is -0.369 e. The summed E-state index contributed by atoms with van der Waals surface area (Å²) in [6, 6.07) is 3.01. The van der Waals surface area contributed by atoms with Gasteiger partial charge < -0.3 is 15.5 Å². The number of hydrogen-bond donors (Lipinski definition) is 1. The van der Waals surface area contributed by atoms with Crippen LogP contribution in [-0.2, 0) is 0 Å². The van der Waals surface area contributed by atoms with E-state index in [0.29, 0.717) is 23.2 Å². The first kappa shape index (κ1) is 17.1. The number of rotatable bonds is 3. The summed E-state index contributed by atoms with van der Waals surface area (Å²) in [7, 11) is 0. The third-order valence-electron chi connectivity index (χ3n) is 3.90. The van der Waals surface area contributed by atoms with Gasteiger partial charge in [0.05, 0.1) is 11.3 Å². The fourth-order valence-electron chi connectivity index (χ4n) is 2.82. The van der Waals surface area contributed by atoms with Crippen LogP contribution in [-0.4, -0.2) is 41.4 Å². The molecule has 0 radical (unpaired) electrons. The molecule has 1 amide bonds. The van der Waals surface area contributed by atoms with E-state index in [9.17, 15) is 9.18 Å². The summed E-state index contributed by atoms with van der Waals surface area (Å²) in [5.41, 5.74) is 5.86. The quantitative estimate of drug-likeness (QED) is 0.836. The number of carbonyl (C=O) groups excluding carboxylic acids is 1. The average Bonchev–Trinajstić information content (AvgIpc) is 2.80. The molecule has 3 rings (SSSR count). The van der Waals surface area contributed by atoms with Crippen LogP contribution >= 0.6 is 27.5 Å². The highest BCUT2D eigenvalue weighted by Gasteiger charge is 2.23. The number of nitrogens with zero attached hydrogens (tertiary/aromatic N) is 4. The molecule has 2 aromatic rings. The first-order valence-electron chi connectivity index (χ1n) is 7.55. The number of aromatic nitrogens is 2. The maximum absolute atomic E-state index is 14.2. The van der Waals surface area contributed by atoms with Crippen molar-refractivity contribution in [3.05, 3.63) is 33.8 Å². The normalized spacial score (nSPS) is 15.5. The van der Waals surface area contributed by atoms with Gasteiger partial charge in [0.25, 0.3) is 5.91 Å². The maximum Gasteiger partial charge on any atom is 0.253 e. The van der Waals surface area contributed by atoms with Crippen LogP contribution in [0.2, 0.25) is 0 Å². The van der Waals surface area contributed by atoms with Gasteiger partial charge in [-0.1, -0.05) is 15.9 Å². The molecule has 1 aliphatic heterocycles. The van der Waals surface area contributed by atoms with Crippen molar-refractivity contribution < 1.29 is 9.18 Å². The van der Waals surface area contributed by atoms with Crippen molar-refractivity contribution in [1.82, 2.24) is 9.36 Å². The van der Waals surface area contributed by atoms with Crippen molar-refractivity contribution in [3.63, 3.8) is 0 Å². The number of benzene rings is 1. The second-order valence-corrected chi connectivity index (χ2v) is 7.24. The molecule has 0 spiro atoms. The molecule has 6 nitrogen and oxygen atoms in total. The van der Waals surface area contributed by atoms with E-state index in [-0.39, 0.29) is 5.56 Å². The lowest BCUT2D eigenvalue weighted by Gasteiger charge is -2.25. The lowest BCUT2D eigenvalue weighted by molar-refractivity contribution is 0.0997. The Kier molecular flexibility index (Phi) is 5.00. The SMILES string of the molecule is Cc1nsc(N2CCCN(c3cc(Br)cc(F)c3C(N)=O)CC2)n1. The number of anilines is 2. The highest BCUT2D eigenvalue weighted by atomic mass is 79.9. The molecule has 0 aliphatic carbocycles. The summed E-state index contributed by atoms with van der Waals surface area (Å²) in [5, 5.41) is 0.893. The van der Waals surface area contributed by atoms with Crippen molar-refractivity contribution in [2.24, 2.45) is 5.73 Å². The zero-order valence-electron chi connectivity index (χ0n) is 13.1. The summed E-state index contributed by atoms with van der Waals surface area (Å²) in [6.07, 6.45) is 0.866. The lowest BCUT2D eigenvalue weighted by Crippen LogP contribution is -2.32. The van der Waals surface area contributed by atoms with E-state index in [1.807, 2.05) is 11.8 Å². The third kappa shape index (κ3) is 3.51. The van der Waals surface area contributed by atoms with E-state index in [1.54, 1.807) is 6.07 Å². The van der Waals surface area contributed by atoms with Crippen molar-refractivity contribution in [3.8, 4) is 0 Å². The number of halogens is 2. The van der Waals surface area contributed by atoms with Crippen LogP contribution in [0.4, 0.5) is 15.2 Å². The van der Waals surface area contributed by atoms with Gasteiger partial charge in [0.15, 0.2) is 0 Å². The topological polar surface area (TPSA) is 75.3 Å². The summed E-state index contributed by atoms with van der Waals surface area (Å²) >= 11 is 4.67. The van der Waals surface area contributed by atoms with Gasteiger partial charge in [0.2, 0.25) is 5.13 Å². The number of aryl methyl sites for hydroxylation is 1. The average molecular weight is 414 g/mol. The van der Waals surface area contributed by atoms with Gasteiger partial charge in [0.1, 0.15) is 11.6 Å². The number of primary amides is 1. The van der Waals surface area contributed by atoms with Gasteiger partial charge in [-0.05, 0) is 25.5 Å². The van der Waals surface area contributed by atoms with Crippen LogP contribution in [0.5, 0.6) is 0 Å². The number of amides is 1. The van der Waals surface area contributed by atoms with Gasteiger partial charge in [-0.2, -0.15) is 4.37 Å². The molecule has 0 bridgehead atoms. The molecule has 1 aromatic heterocycles. The first-order chi connectivity index (χ1) is 11.5. The smallest absolute Gasteiger partial charge is 0.253 e. The van der Waals surface area contributed by atoms with Gasteiger partial charge in [-0.15, -0.1) is 0 Å². The van der Waals surface area contributed by atoms with Crippen LogP contribution < -0.4 is 15.5 Å². The molecule has 1 aromatic carbocycles. The van der Waals surface area contributed by atoms with E-state index in [2.05, 4.69) is 30.2 Å². The molecule has 0 atom stereocenters. The van der Waals surface area contributed by atoms with Gasteiger partial charge in [0, 0.05) is 42.2 Å². The Morgan fingerprint density at radius 3 is 2.67 bits per heavy atom. The van der Waals surface area contributed by atoms with Crippen LogP contribution in [0, 0.1) is 12.7 Å². The monoisotopic (exact) mass is 413 g/mol. The van der Waals surface area contributed by atoms with Gasteiger partial charge in [-0.3, -0.25) is 4.79 Å². The molecule has 9 heteroatoms. The fraction of sp³-hybridized carbons (Fsp3) is 0.400. The second-order valence-electron chi connectivity index (χ2n) is 5.60. The van der Waals surface area contributed by atoms with E-state index in [4.69, 9.17) is 5.73 Å². The Hall–Kier alpha value is -1.74. The highest BCUT2D eigenvalue weighted by Crippen LogP contribution is 2.29. The molecule has 0 unspecified atom stereocenters. The molecule has 0 saturated carbocycles. The molecule has 1 aliphatic rings. The second kappa shape index (κ2) is 7.02. The summed E-state index contributed by atoms with van der Waals surface area (Å²) in [6.45, 7) is 4.79. The predicted octanol–water partition coefficient (Wildman–Crippen LogP) is 2.56. The van der Waals surface area contributed by atoms with E-state index < -0.39 is 11.7 Å². The fourth-order valence-corrected chi connectivity index (χ4v) is 3.96. The number of carbonyl (C=O) groups is 1. The first-order valence-corrected chi connectivity index (χ1v) is 9.11. The van der Waals surface area contributed by atoms with Crippen molar-refractivity contribution >= 4 is 44.2 Å². The standard InChI is InChI=1S/C15H17BrFN5OS/c1-9-19-15(24-20-9)22-4-2-3-21(5-6-22)12-8-10(16)7-11(17)13(12)14(18)23/h7-8H,2-6H2,1H3,(H2,18,23). The molecule has 2 heterocycles. The Morgan fingerprint density at radius 2 is 2.00 bits per heavy atom. The van der Waals surface area contributed by atoms with Crippen molar-refractivity contribution in [1.29, 1.82) is 0 Å². The van der Waals surface area contributed by atoms with E-state index >= 15 is 0 Å². The number of nitrogens with two attached hydrogens (primary N) is 1. The van der Waals surface area contributed by atoms with Crippen LogP contribution in [0.15, 0.2) is 16.6 Å². The maximum atomic E-state index is 14.2. The van der Waals surface area contributed by atoms with Gasteiger partial charge >= 0.3 is 0 Å². The molecule has 1 saturated heterocycles. The zero-order chi connectivity index (χ0) is 17.3. The zero-order valence-corrected chi connectivity index (χ0v) is 15.5. The van der Waals surface area contributed by atoms with E-state index in [0.717, 1.165) is 30.5 Å². The summed E-state index contributed by atoms with van der Waals surface area (Å²) in [5.74, 6) is -0.593. The largest absolute Gasteiger partial charge is 0.369 e. The molecule has 2 N–H and O–H groups in total. The molecule has 1 fully saturated rings. The molecular weight excluding hydrogens is 397 g/mol. The Morgan fingerprint density at radius 1 is 1.29 bits per heavy atom. The van der Waals surface area contributed by atoms with Gasteiger partial charge in [-0.25, -0.2) is 9.37 Å². The van der Waals surface area contributed by atoms with Crippen LogP contribution in [0.25, 0.3) is 0 Å². The lowest BCUT2D eigenvalue weighted by atomic mass is 10.1. The van der Waals surface area contributed by atoms with E-state index in [1.165, 1.54) is 17.6 Å². The van der Waals surface area contributed by atoms with Crippen LogP contribution in [0.3, 0.4) is 0 Å². The summed E-state index contributed by atoms with van der Waals surface area (Å²) < 4.78 is 19.0. The number of hydrogen-bond acceptors (Lipinski definition) is 6. The Labute approximate surface area is 151 Å². The summed E-state index contributed by atoms with van der Waals surface area (Å²) in [4.78, 5) is 20.3. The minimum atomic E-state index is -0.754. The minimum absolute atomic E-state index is 0.0570. The predicted molar refractivity (Wildman–Crippen MR) is 96.3 cm³/mol. The molecule has 24 heavy (non-hydrogen) atoms. The van der Waals surface area contributed by atoms with Crippen molar-refractivity contribution in [2.45, 2.75) is 13.3 Å². The molecular formula is C15H17BrFN5OS. The third-order valence-corrected chi connectivity index (χ3v) is 5.23. The Bertz CT molecular complexity index is 768. The van der Waals surface area contributed by atoms with Crippen molar-refractivity contribution in [2.75, 3.05) is 36.0 Å². The molecule has 128 valence electrons. The Balaban J connectivity index is 1.85. The highest BCUT2D eigenvalue weighted by molar-refractivity contribution is 9.10. The van der Waals surface area contributed by atoms with Crippen LogP contribution in [0.1, 0.15) is 22.6 Å².